The molecule has 1 aliphatic rings. The van der Waals surface area contributed by atoms with Gasteiger partial charge < -0.3 is 24.4 Å². The third-order valence-corrected chi connectivity index (χ3v) is 3.85. The Kier molecular flexibility index (Phi) is 5.89. The summed E-state index contributed by atoms with van der Waals surface area (Å²) in [6.45, 7) is 3.72. The van der Waals surface area contributed by atoms with Crippen LogP contribution in [0.15, 0.2) is 12.1 Å². The highest BCUT2D eigenvalue weighted by molar-refractivity contribution is 5.98. The molecule has 1 amide bonds. The van der Waals surface area contributed by atoms with Crippen LogP contribution in [0, 0.1) is 0 Å². The van der Waals surface area contributed by atoms with Crippen molar-refractivity contribution in [1.29, 1.82) is 0 Å². The average molecular weight is 308 g/mol. The number of rotatable bonds is 7. The lowest BCUT2D eigenvalue weighted by Crippen LogP contribution is -2.33. The number of methoxy groups -OCH3 is 3. The minimum Gasteiger partial charge on any atom is -0.497 e. The minimum atomic E-state index is -0.187. The second-order valence-corrected chi connectivity index (χ2v) is 5.22. The fraction of sp³-hybridized carbons (Fsp3) is 0.562. The van der Waals surface area contributed by atoms with Crippen LogP contribution in [0.2, 0.25) is 0 Å². The van der Waals surface area contributed by atoms with Crippen LogP contribution in [-0.4, -0.2) is 58.3 Å². The minimum absolute atomic E-state index is 0.187. The van der Waals surface area contributed by atoms with Crippen LogP contribution >= 0.6 is 0 Å². The third kappa shape index (κ3) is 3.82. The molecule has 0 saturated carbocycles. The molecule has 1 aromatic rings. The number of hydrogen-bond donors (Lipinski definition) is 1. The molecule has 1 heterocycles. The zero-order valence-corrected chi connectivity index (χ0v) is 13.5. The second-order valence-electron chi connectivity index (χ2n) is 5.22. The summed E-state index contributed by atoms with van der Waals surface area (Å²) in [5, 5.41) is 2.93. The van der Waals surface area contributed by atoms with E-state index in [-0.39, 0.29) is 5.91 Å². The number of likely N-dealkylation sites (tertiary alicyclic amines) is 1. The van der Waals surface area contributed by atoms with Gasteiger partial charge in [0.15, 0.2) is 11.5 Å². The van der Waals surface area contributed by atoms with Crippen molar-refractivity contribution >= 4 is 5.91 Å². The standard InChI is InChI=1S/C16H24N2O4/c1-20-12-10-13(15(22-3)14(11-12)21-2)16(19)17-6-9-18-7-4-5-8-18/h10-11H,4-9H2,1-3H3,(H,17,19). The molecule has 22 heavy (non-hydrogen) atoms. The van der Waals surface area contributed by atoms with Gasteiger partial charge in [-0.05, 0) is 32.0 Å². The van der Waals surface area contributed by atoms with Crippen molar-refractivity contribution < 1.29 is 19.0 Å². The number of benzene rings is 1. The molecule has 122 valence electrons. The molecule has 0 bridgehead atoms. The summed E-state index contributed by atoms with van der Waals surface area (Å²) in [7, 11) is 4.61. The Morgan fingerprint density at radius 1 is 1.14 bits per heavy atom. The first-order valence-corrected chi connectivity index (χ1v) is 7.50. The van der Waals surface area contributed by atoms with Gasteiger partial charge in [0.25, 0.3) is 5.91 Å². The monoisotopic (exact) mass is 308 g/mol. The lowest BCUT2D eigenvalue weighted by molar-refractivity contribution is 0.0945. The molecule has 0 spiro atoms. The smallest absolute Gasteiger partial charge is 0.255 e. The molecule has 0 aliphatic carbocycles. The molecule has 0 radical (unpaired) electrons. The number of amides is 1. The summed E-state index contributed by atoms with van der Waals surface area (Å²) in [5.74, 6) is 1.27. The second kappa shape index (κ2) is 7.89. The van der Waals surface area contributed by atoms with Gasteiger partial charge in [-0.15, -0.1) is 0 Å². The third-order valence-electron chi connectivity index (χ3n) is 3.85. The van der Waals surface area contributed by atoms with Crippen LogP contribution in [-0.2, 0) is 0 Å². The molecule has 1 aromatic carbocycles. The van der Waals surface area contributed by atoms with Crippen molar-refractivity contribution in [2.45, 2.75) is 12.8 Å². The van der Waals surface area contributed by atoms with Gasteiger partial charge >= 0.3 is 0 Å². The number of hydrogen-bond acceptors (Lipinski definition) is 5. The Morgan fingerprint density at radius 3 is 2.45 bits per heavy atom. The normalized spacial score (nSPS) is 14.7. The SMILES string of the molecule is COc1cc(OC)c(OC)c(C(=O)NCCN2CCCC2)c1. The lowest BCUT2D eigenvalue weighted by atomic mass is 10.1. The van der Waals surface area contributed by atoms with E-state index in [1.54, 1.807) is 19.2 Å². The lowest BCUT2D eigenvalue weighted by Gasteiger charge is -2.17. The van der Waals surface area contributed by atoms with Crippen LogP contribution in [0.5, 0.6) is 17.2 Å². The molecule has 0 unspecified atom stereocenters. The molecule has 1 fully saturated rings. The van der Waals surface area contributed by atoms with E-state index in [2.05, 4.69) is 10.2 Å². The average Bonchev–Trinajstić information content (AvgIpc) is 3.06. The molecule has 0 atom stereocenters. The van der Waals surface area contributed by atoms with Gasteiger partial charge in [-0.2, -0.15) is 0 Å². The Bertz CT molecular complexity index is 513. The van der Waals surface area contributed by atoms with Crippen LogP contribution in [0.1, 0.15) is 23.2 Å². The van der Waals surface area contributed by atoms with Crippen molar-refractivity contribution in [3.8, 4) is 17.2 Å². The number of carbonyl (C=O) groups is 1. The zero-order chi connectivity index (χ0) is 15.9. The van der Waals surface area contributed by atoms with Gasteiger partial charge in [0.1, 0.15) is 5.75 Å². The first kappa shape index (κ1) is 16.4. The maximum atomic E-state index is 12.4. The molecule has 0 aromatic heterocycles. The quantitative estimate of drug-likeness (QED) is 0.828. The van der Waals surface area contributed by atoms with Crippen LogP contribution in [0.25, 0.3) is 0 Å². The maximum Gasteiger partial charge on any atom is 0.255 e. The fourth-order valence-corrected chi connectivity index (χ4v) is 2.65. The van der Waals surface area contributed by atoms with Crippen LogP contribution < -0.4 is 19.5 Å². The highest BCUT2D eigenvalue weighted by Crippen LogP contribution is 2.35. The van der Waals surface area contributed by atoms with Crippen LogP contribution in [0.3, 0.4) is 0 Å². The van der Waals surface area contributed by atoms with Gasteiger partial charge in [-0.25, -0.2) is 0 Å². The van der Waals surface area contributed by atoms with E-state index in [1.807, 2.05) is 0 Å². The predicted molar refractivity (Wildman–Crippen MR) is 84.1 cm³/mol. The topological polar surface area (TPSA) is 60.0 Å². The number of nitrogens with one attached hydrogen (secondary N) is 1. The summed E-state index contributed by atoms with van der Waals surface area (Å²) in [6, 6.07) is 3.35. The molecular weight excluding hydrogens is 284 g/mol. The first-order chi connectivity index (χ1) is 10.7. The Balaban J connectivity index is 2.06. The Labute approximate surface area is 131 Å². The van der Waals surface area contributed by atoms with E-state index in [4.69, 9.17) is 14.2 Å². The van der Waals surface area contributed by atoms with E-state index in [0.717, 1.165) is 19.6 Å². The molecule has 1 saturated heterocycles. The summed E-state index contributed by atoms with van der Waals surface area (Å²) in [5.41, 5.74) is 0.417. The van der Waals surface area contributed by atoms with Gasteiger partial charge in [0.05, 0.1) is 26.9 Å². The predicted octanol–water partition coefficient (Wildman–Crippen LogP) is 1.54. The van der Waals surface area contributed by atoms with Crippen LogP contribution in [0.4, 0.5) is 0 Å². The molecule has 6 heteroatoms. The Morgan fingerprint density at radius 2 is 1.86 bits per heavy atom. The van der Waals surface area contributed by atoms with Crippen molar-refractivity contribution in [2.24, 2.45) is 0 Å². The van der Waals surface area contributed by atoms with E-state index in [9.17, 15) is 4.79 Å². The Hall–Kier alpha value is -1.95. The first-order valence-electron chi connectivity index (χ1n) is 7.50. The molecule has 1 aliphatic heterocycles. The summed E-state index contributed by atoms with van der Waals surface area (Å²) < 4.78 is 15.8. The molecular formula is C16H24N2O4. The maximum absolute atomic E-state index is 12.4. The fourth-order valence-electron chi connectivity index (χ4n) is 2.65. The van der Waals surface area contributed by atoms with Crippen molar-refractivity contribution in [1.82, 2.24) is 10.2 Å². The van der Waals surface area contributed by atoms with E-state index >= 15 is 0 Å². The van der Waals surface area contributed by atoms with Gasteiger partial charge in [-0.1, -0.05) is 0 Å². The molecule has 6 nitrogen and oxygen atoms in total. The van der Waals surface area contributed by atoms with E-state index in [0.29, 0.717) is 29.4 Å². The summed E-state index contributed by atoms with van der Waals surface area (Å²) >= 11 is 0. The summed E-state index contributed by atoms with van der Waals surface area (Å²) in [6.07, 6.45) is 2.49. The number of nitrogens with zero attached hydrogens (tertiary/aromatic N) is 1. The van der Waals surface area contributed by atoms with Crippen molar-refractivity contribution in [2.75, 3.05) is 47.5 Å². The largest absolute Gasteiger partial charge is 0.497 e. The number of ether oxygens (including phenoxy) is 3. The zero-order valence-electron chi connectivity index (χ0n) is 13.5. The highest BCUT2D eigenvalue weighted by atomic mass is 16.5. The van der Waals surface area contributed by atoms with Gasteiger partial charge in [0, 0.05) is 19.2 Å². The van der Waals surface area contributed by atoms with Crippen molar-refractivity contribution in [3.05, 3.63) is 17.7 Å². The van der Waals surface area contributed by atoms with E-state index in [1.165, 1.54) is 27.1 Å². The van der Waals surface area contributed by atoms with Gasteiger partial charge in [-0.3, -0.25) is 4.79 Å². The molecule has 2 rings (SSSR count). The van der Waals surface area contributed by atoms with E-state index < -0.39 is 0 Å². The van der Waals surface area contributed by atoms with Crippen molar-refractivity contribution in [3.63, 3.8) is 0 Å². The molecule has 1 N–H and O–H groups in total. The summed E-state index contributed by atoms with van der Waals surface area (Å²) in [4.78, 5) is 14.8. The highest BCUT2D eigenvalue weighted by Gasteiger charge is 2.19. The van der Waals surface area contributed by atoms with Gasteiger partial charge in [0.2, 0.25) is 0 Å². The number of carbonyl (C=O) groups excluding carboxylic acids is 1.